The van der Waals surface area contributed by atoms with E-state index in [2.05, 4.69) is 9.95 Å². The highest BCUT2D eigenvalue weighted by atomic mass is 35.5. The summed E-state index contributed by atoms with van der Waals surface area (Å²) in [4.78, 5) is 16.5. The highest BCUT2D eigenvalue weighted by Crippen LogP contribution is 2.40. The molecule has 0 unspecified atom stereocenters. The number of aryl methyl sites for hydroxylation is 1. The minimum absolute atomic E-state index is 0.0233. The van der Waals surface area contributed by atoms with Crippen LogP contribution in [0.5, 0.6) is 0 Å². The van der Waals surface area contributed by atoms with Gasteiger partial charge in [-0.25, -0.2) is 4.98 Å². The average Bonchev–Trinajstić information content (AvgIpc) is 3.07. The summed E-state index contributed by atoms with van der Waals surface area (Å²) in [5.41, 5.74) is 3.86. The molecule has 0 saturated heterocycles. The van der Waals surface area contributed by atoms with Crippen molar-refractivity contribution in [2.24, 2.45) is 0 Å². The Balaban J connectivity index is 2.03. The number of hydrogen-bond donors (Lipinski definition) is 0. The number of carbonyl (C=O) groups is 1. The zero-order valence-corrected chi connectivity index (χ0v) is 12.5. The van der Waals surface area contributed by atoms with Crippen molar-refractivity contribution in [3.63, 3.8) is 0 Å². The zero-order valence-electron chi connectivity index (χ0n) is 10.9. The first kappa shape index (κ1) is 12.9. The number of ketones is 1. The van der Waals surface area contributed by atoms with Crippen LogP contribution < -0.4 is 0 Å². The molecular formula is C14H15ClN2OS. The van der Waals surface area contributed by atoms with Crippen LogP contribution in [-0.2, 0) is 0 Å². The third-order valence-electron chi connectivity index (χ3n) is 3.55. The molecule has 2 aromatic heterocycles. The van der Waals surface area contributed by atoms with Crippen molar-refractivity contribution in [1.29, 1.82) is 0 Å². The van der Waals surface area contributed by atoms with Crippen LogP contribution in [0.3, 0.4) is 0 Å². The predicted molar refractivity (Wildman–Crippen MR) is 77.9 cm³/mol. The fourth-order valence-corrected chi connectivity index (χ4v) is 3.52. The maximum Gasteiger partial charge on any atom is 0.194 e. The van der Waals surface area contributed by atoms with Crippen LogP contribution in [0.15, 0.2) is 11.4 Å². The third-order valence-corrected chi connectivity index (χ3v) is 4.64. The van der Waals surface area contributed by atoms with Crippen LogP contribution in [-0.4, -0.2) is 21.2 Å². The molecule has 0 amide bonds. The van der Waals surface area contributed by atoms with Crippen molar-refractivity contribution in [3.8, 4) is 5.13 Å². The molecule has 0 radical (unpaired) electrons. The van der Waals surface area contributed by atoms with Crippen molar-refractivity contribution in [3.05, 3.63) is 34.1 Å². The normalized spacial score (nSPS) is 14.9. The first-order chi connectivity index (χ1) is 9.11. The molecule has 3 nitrogen and oxygen atoms in total. The number of halogens is 1. The molecule has 0 spiro atoms. The summed E-state index contributed by atoms with van der Waals surface area (Å²) in [5.74, 6) is 0.653. The van der Waals surface area contributed by atoms with Gasteiger partial charge in [0.1, 0.15) is 0 Å². The Morgan fingerprint density at radius 1 is 1.53 bits per heavy atom. The molecule has 0 bridgehead atoms. The maximum absolute atomic E-state index is 11.8. The van der Waals surface area contributed by atoms with Gasteiger partial charge in [-0.3, -0.25) is 9.36 Å². The molecule has 1 saturated carbocycles. The molecule has 0 aromatic carbocycles. The second kappa shape index (κ2) is 4.76. The Morgan fingerprint density at radius 3 is 2.89 bits per heavy atom. The van der Waals surface area contributed by atoms with Crippen molar-refractivity contribution >= 4 is 28.7 Å². The second-order valence-electron chi connectivity index (χ2n) is 5.01. The Morgan fingerprint density at radius 2 is 2.26 bits per heavy atom. The molecule has 0 N–H and O–H groups in total. The van der Waals surface area contributed by atoms with Crippen LogP contribution in [0.25, 0.3) is 5.13 Å². The number of aromatic nitrogens is 2. The Bertz CT molecular complexity index is 640. The minimum Gasteiger partial charge on any atom is -0.294 e. The van der Waals surface area contributed by atoms with Crippen LogP contribution in [0.4, 0.5) is 0 Å². The van der Waals surface area contributed by atoms with Gasteiger partial charge in [-0.15, -0.1) is 22.9 Å². The third kappa shape index (κ3) is 2.23. The van der Waals surface area contributed by atoms with E-state index in [0.717, 1.165) is 16.5 Å². The van der Waals surface area contributed by atoms with E-state index in [1.54, 1.807) is 11.3 Å². The summed E-state index contributed by atoms with van der Waals surface area (Å²) in [6, 6.07) is 1.90. The molecule has 0 atom stereocenters. The van der Waals surface area contributed by atoms with Gasteiger partial charge in [0, 0.05) is 28.2 Å². The Hall–Kier alpha value is -1.13. The lowest BCUT2D eigenvalue weighted by molar-refractivity contribution is 0.102. The van der Waals surface area contributed by atoms with E-state index in [1.165, 1.54) is 18.5 Å². The van der Waals surface area contributed by atoms with E-state index < -0.39 is 0 Å². The van der Waals surface area contributed by atoms with Gasteiger partial charge in [0.2, 0.25) is 0 Å². The molecule has 3 rings (SSSR count). The van der Waals surface area contributed by atoms with Crippen LogP contribution >= 0.6 is 22.9 Å². The van der Waals surface area contributed by atoms with Gasteiger partial charge in [-0.2, -0.15) is 0 Å². The molecular weight excluding hydrogens is 280 g/mol. The average molecular weight is 295 g/mol. The molecule has 100 valence electrons. The fraction of sp³-hybridized carbons (Fsp3) is 0.429. The van der Waals surface area contributed by atoms with Gasteiger partial charge in [0.15, 0.2) is 10.9 Å². The van der Waals surface area contributed by atoms with Gasteiger partial charge in [-0.1, -0.05) is 0 Å². The number of alkyl halides is 1. The predicted octanol–water partition coefficient (Wildman–Crippen LogP) is 3.85. The SMILES string of the molecule is Cc1cc(C(=O)CCl)c(C)n1-c1nc(C2CC2)cs1. The number of Topliss-reactive ketones (excluding diaryl/α,β-unsaturated/α-hetero) is 1. The largest absolute Gasteiger partial charge is 0.294 e. The van der Waals surface area contributed by atoms with E-state index in [1.807, 2.05) is 19.9 Å². The number of thiazole rings is 1. The van der Waals surface area contributed by atoms with Gasteiger partial charge < -0.3 is 0 Å². The van der Waals surface area contributed by atoms with Gasteiger partial charge in [0.25, 0.3) is 0 Å². The topological polar surface area (TPSA) is 34.9 Å². The first-order valence-corrected chi connectivity index (χ1v) is 7.77. The van der Waals surface area contributed by atoms with E-state index in [9.17, 15) is 4.79 Å². The van der Waals surface area contributed by atoms with Gasteiger partial charge in [-0.05, 0) is 32.8 Å². The molecule has 0 aliphatic heterocycles. The molecule has 2 aromatic rings. The fourth-order valence-electron chi connectivity index (χ4n) is 2.36. The highest BCUT2D eigenvalue weighted by Gasteiger charge is 2.27. The quantitative estimate of drug-likeness (QED) is 0.634. The van der Waals surface area contributed by atoms with Gasteiger partial charge in [0.05, 0.1) is 11.6 Å². The molecule has 1 aliphatic rings. The Labute approximate surface area is 121 Å². The highest BCUT2D eigenvalue weighted by molar-refractivity contribution is 7.12. The lowest BCUT2D eigenvalue weighted by atomic mass is 10.2. The summed E-state index contributed by atoms with van der Waals surface area (Å²) < 4.78 is 2.05. The molecule has 2 heterocycles. The van der Waals surface area contributed by atoms with Gasteiger partial charge >= 0.3 is 0 Å². The van der Waals surface area contributed by atoms with E-state index in [-0.39, 0.29) is 11.7 Å². The maximum atomic E-state index is 11.8. The smallest absolute Gasteiger partial charge is 0.194 e. The molecule has 5 heteroatoms. The van der Waals surface area contributed by atoms with E-state index >= 15 is 0 Å². The summed E-state index contributed by atoms with van der Waals surface area (Å²) in [7, 11) is 0. The lowest BCUT2D eigenvalue weighted by Crippen LogP contribution is -2.04. The lowest BCUT2D eigenvalue weighted by Gasteiger charge is -2.05. The van der Waals surface area contributed by atoms with Crippen molar-refractivity contribution in [2.75, 3.05) is 5.88 Å². The molecule has 1 aliphatic carbocycles. The number of hydrogen-bond acceptors (Lipinski definition) is 3. The van der Waals surface area contributed by atoms with Crippen molar-refractivity contribution in [1.82, 2.24) is 9.55 Å². The van der Waals surface area contributed by atoms with Crippen molar-refractivity contribution < 1.29 is 4.79 Å². The molecule has 19 heavy (non-hydrogen) atoms. The van der Waals surface area contributed by atoms with Crippen molar-refractivity contribution in [2.45, 2.75) is 32.6 Å². The van der Waals surface area contributed by atoms with Crippen LogP contribution in [0.2, 0.25) is 0 Å². The number of nitrogens with zero attached hydrogens (tertiary/aromatic N) is 2. The van der Waals surface area contributed by atoms with Crippen LogP contribution in [0.1, 0.15) is 46.2 Å². The standard InChI is InChI=1S/C14H15ClN2OS/c1-8-5-11(13(18)6-15)9(2)17(8)14-16-12(7-19-14)10-3-4-10/h5,7,10H,3-4,6H2,1-2H3. The zero-order chi connectivity index (χ0) is 13.6. The van der Waals surface area contributed by atoms with Crippen LogP contribution in [0, 0.1) is 13.8 Å². The first-order valence-electron chi connectivity index (χ1n) is 6.35. The second-order valence-corrected chi connectivity index (χ2v) is 6.11. The summed E-state index contributed by atoms with van der Waals surface area (Å²) in [5, 5.41) is 3.08. The monoisotopic (exact) mass is 294 g/mol. The molecule has 1 fully saturated rings. The van der Waals surface area contributed by atoms with E-state index in [4.69, 9.17) is 16.6 Å². The Kier molecular flexibility index (Phi) is 3.23. The summed E-state index contributed by atoms with van der Waals surface area (Å²) in [6.07, 6.45) is 2.51. The minimum atomic E-state index is -0.0278. The van der Waals surface area contributed by atoms with E-state index in [0.29, 0.717) is 11.5 Å². The summed E-state index contributed by atoms with van der Waals surface area (Å²) >= 11 is 7.29. The summed E-state index contributed by atoms with van der Waals surface area (Å²) in [6.45, 7) is 3.95. The number of carbonyl (C=O) groups excluding carboxylic acids is 1. The number of rotatable bonds is 4.